The Morgan fingerprint density at radius 1 is 1.06 bits per heavy atom. The van der Waals surface area contributed by atoms with Gasteiger partial charge < -0.3 is 9.84 Å². The van der Waals surface area contributed by atoms with Crippen LogP contribution in [0.4, 0.5) is 11.4 Å². The monoisotopic (exact) mass is 415 g/mol. The molecular formula is C23H17N3O5. The maximum Gasteiger partial charge on any atom is 0.281 e. The number of nitro groups is 1. The van der Waals surface area contributed by atoms with Crippen LogP contribution in [0.1, 0.15) is 11.1 Å². The number of ether oxygens (including phenoxy) is 1. The highest BCUT2D eigenvalue weighted by Gasteiger charge is 2.32. The highest BCUT2D eigenvalue weighted by atomic mass is 16.6. The zero-order valence-electron chi connectivity index (χ0n) is 16.4. The summed E-state index contributed by atoms with van der Waals surface area (Å²) >= 11 is 0. The number of nitrogens with zero attached hydrogens (tertiary/aromatic N) is 3. The molecule has 0 atom stereocenters. The number of phenols is 1. The van der Waals surface area contributed by atoms with Crippen LogP contribution in [0.5, 0.6) is 11.5 Å². The van der Waals surface area contributed by atoms with Gasteiger partial charge >= 0.3 is 0 Å². The van der Waals surface area contributed by atoms with Gasteiger partial charge in [0, 0.05) is 17.7 Å². The smallest absolute Gasteiger partial charge is 0.281 e. The van der Waals surface area contributed by atoms with Crippen molar-refractivity contribution in [3.05, 3.63) is 99.6 Å². The van der Waals surface area contributed by atoms with E-state index in [1.165, 1.54) is 31.4 Å². The lowest BCUT2D eigenvalue weighted by Crippen LogP contribution is -2.21. The molecule has 0 unspecified atom stereocenters. The standard InChI is InChI=1S/C23H17N3O5/c1-31-21-13-15(10-11-20(21)27)12-19-22(16-6-3-2-4-7-16)24-25(23(19)28)17-8-5-9-18(14-17)26(29)30/h2-14,27H,1H3/b19-12-. The average Bonchev–Trinajstić information content (AvgIpc) is 3.11. The van der Waals surface area contributed by atoms with E-state index in [0.29, 0.717) is 22.5 Å². The number of aromatic hydroxyl groups is 1. The Bertz CT molecular complexity index is 1230. The number of carbonyl (C=O) groups is 1. The van der Waals surface area contributed by atoms with Crippen molar-refractivity contribution >= 4 is 29.1 Å². The van der Waals surface area contributed by atoms with Crippen molar-refractivity contribution in [3.8, 4) is 11.5 Å². The molecule has 1 heterocycles. The Balaban J connectivity index is 1.83. The van der Waals surface area contributed by atoms with Crippen LogP contribution in [0.25, 0.3) is 6.08 Å². The van der Waals surface area contributed by atoms with E-state index in [4.69, 9.17) is 4.74 Å². The van der Waals surface area contributed by atoms with Crippen LogP contribution in [0.3, 0.4) is 0 Å². The molecule has 8 heteroatoms. The number of nitro benzene ring substituents is 1. The van der Waals surface area contributed by atoms with Crippen LogP contribution < -0.4 is 9.75 Å². The maximum absolute atomic E-state index is 13.3. The number of hydrazone groups is 1. The van der Waals surface area contributed by atoms with E-state index < -0.39 is 10.8 Å². The summed E-state index contributed by atoms with van der Waals surface area (Å²) in [5.74, 6) is -0.169. The molecule has 1 aliphatic heterocycles. The molecule has 1 N–H and O–H groups in total. The predicted molar refractivity (Wildman–Crippen MR) is 116 cm³/mol. The van der Waals surface area contributed by atoms with Crippen LogP contribution in [-0.2, 0) is 4.79 Å². The first kappa shape index (κ1) is 19.8. The fourth-order valence-electron chi connectivity index (χ4n) is 3.22. The zero-order chi connectivity index (χ0) is 22.0. The first-order valence-electron chi connectivity index (χ1n) is 9.30. The van der Waals surface area contributed by atoms with Gasteiger partial charge in [0.25, 0.3) is 11.6 Å². The van der Waals surface area contributed by atoms with Crippen molar-refractivity contribution in [3.63, 3.8) is 0 Å². The molecule has 0 saturated heterocycles. The SMILES string of the molecule is COc1cc(/C=C2\C(=O)N(c3cccc([N+](=O)[O-])c3)N=C2c2ccccc2)ccc1O. The van der Waals surface area contributed by atoms with E-state index in [-0.39, 0.29) is 17.2 Å². The molecule has 0 aliphatic carbocycles. The van der Waals surface area contributed by atoms with E-state index in [9.17, 15) is 20.0 Å². The Kier molecular flexibility index (Phi) is 5.19. The summed E-state index contributed by atoms with van der Waals surface area (Å²) in [5.41, 5.74) is 2.25. The Morgan fingerprint density at radius 3 is 2.55 bits per heavy atom. The minimum absolute atomic E-state index is 0.0161. The van der Waals surface area contributed by atoms with Gasteiger partial charge in [0.2, 0.25) is 0 Å². The number of methoxy groups -OCH3 is 1. The van der Waals surface area contributed by atoms with Crippen molar-refractivity contribution in [1.29, 1.82) is 0 Å². The molecule has 1 aliphatic rings. The first-order chi connectivity index (χ1) is 15.0. The lowest BCUT2D eigenvalue weighted by Gasteiger charge is -2.11. The number of carbonyl (C=O) groups excluding carboxylic acids is 1. The van der Waals surface area contributed by atoms with Gasteiger partial charge in [-0.1, -0.05) is 42.5 Å². The van der Waals surface area contributed by atoms with Crippen LogP contribution >= 0.6 is 0 Å². The summed E-state index contributed by atoms with van der Waals surface area (Å²) in [7, 11) is 1.44. The molecule has 154 valence electrons. The fourth-order valence-corrected chi connectivity index (χ4v) is 3.22. The van der Waals surface area contributed by atoms with Gasteiger partial charge in [-0.3, -0.25) is 14.9 Å². The average molecular weight is 415 g/mol. The third kappa shape index (κ3) is 3.86. The number of phenolic OH excluding ortho intramolecular Hbond substituents is 1. The minimum Gasteiger partial charge on any atom is -0.504 e. The van der Waals surface area contributed by atoms with Crippen LogP contribution in [0.15, 0.2) is 83.5 Å². The van der Waals surface area contributed by atoms with Gasteiger partial charge in [-0.05, 0) is 29.8 Å². The van der Waals surface area contributed by atoms with Crippen molar-refractivity contribution in [1.82, 2.24) is 0 Å². The largest absolute Gasteiger partial charge is 0.504 e. The van der Waals surface area contributed by atoms with Crippen LogP contribution in [0.2, 0.25) is 0 Å². The summed E-state index contributed by atoms with van der Waals surface area (Å²) in [4.78, 5) is 23.9. The normalized spacial score (nSPS) is 14.6. The summed E-state index contributed by atoms with van der Waals surface area (Å²) in [6.45, 7) is 0. The van der Waals surface area contributed by atoms with Gasteiger partial charge in [0.1, 0.15) is 5.71 Å². The molecular weight excluding hydrogens is 398 g/mol. The molecule has 0 saturated carbocycles. The van der Waals surface area contributed by atoms with Crippen LogP contribution in [-0.4, -0.2) is 28.8 Å². The van der Waals surface area contributed by atoms with Gasteiger partial charge in [-0.2, -0.15) is 10.1 Å². The van der Waals surface area contributed by atoms with Gasteiger partial charge in [0.05, 0.1) is 23.3 Å². The van der Waals surface area contributed by atoms with Gasteiger partial charge in [0.15, 0.2) is 11.5 Å². The van der Waals surface area contributed by atoms with Crippen molar-refractivity contribution < 1.29 is 19.6 Å². The van der Waals surface area contributed by atoms with E-state index in [0.717, 1.165) is 10.6 Å². The zero-order valence-corrected chi connectivity index (χ0v) is 16.4. The van der Waals surface area contributed by atoms with Crippen molar-refractivity contribution in [2.24, 2.45) is 5.10 Å². The van der Waals surface area contributed by atoms with Crippen molar-refractivity contribution in [2.75, 3.05) is 12.1 Å². The van der Waals surface area contributed by atoms with Gasteiger partial charge in [-0.15, -0.1) is 0 Å². The highest BCUT2D eigenvalue weighted by Crippen LogP contribution is 2.32. The van der Waals surface area contributed by atoms with E-state index in [2.05, 4.69) is 5.10 Å². The topological polar surface area (TPSA) is 105 Å². The lowest BCUT2D eigenvalue weighted by atomic mass is 10.00. The third-order valence-electron chi connectivity index (χ3n) is 4.73. The molecule has 0 radical (unpaired) electrons. The summed E-state index contributed by atoms with van der Waals surface area (Å²) in [5, 5.41) is 26.6. The molecule has 1 amide bonds. The maximum atomic E-state index is 13.3. The Morgan fingerprint density at radius 2 is 1.84 bits per heavy atom. The second-order valence-corrected chi connectivity index (χ2v) is 6.70. The molecule has 31 heavy (non-hydrogen) atoms. The quantitative estimate of drug-likeness (QED) is 0.383. The second kappa shape index (κ2) is 8.11. The number of rotatable bonds is 5. The Hall–Kier alpha value is -4.46. The third-order valence-corrected chi connectivity index (χ3v) is 4.73. The van der Waals surface area contributed by atoms with Crippen molar-refractivity contribution in [2.45, 2.75) is 0 Å². The molecule has 4 rings (SSSR count). The van der Waals surface area contributed by atoms with E-state index >= 15 is 0 Å². The molecule has 0 spiro atoms. The Labute approximate surface area is 177 Å². The summed E-state index contributed by atoms with van der Waals surface area (Å²) in [6.07, 6.45) is 1.65. The molecule has 0 aromatic heterocycles. The molecule has 3 aromatic rings. The second-order valence-electron chi connectivity index (χ2n) is 6.70. The number of amides is 1. The number of non-ortho nitro benzene ring substituents is 1. The molecule has 0 fully saturated rings. The number of anilines is 1. The molecule has 8 nitrogen and oxygen atoms in total. The number of benzene rings is 3. The minimum atomic E-state index is -0.522. The highest BCUT2D eigenvalue weighted by molar-refractivity contribution is 6.37. The van der Waals surface area contributed by atoms with Gasteiger partial charge in [-0.25, -0.2) is 0 Å². The predicted octanol–water partition coefficient (Wildman–Crippen LogP) is 4.14. The van der Waals surface area contributed by atoms with E-state index in [1.807, 2.05) is 30.3 Å². The fraction of sp³-hybridized carbons (Fsp3) is 0.0435. The molecule has 0 bridgehead atoms. The summed E-state index contributed by atoms with van der Waals surface area (Å²) < 4.78 is 5.15. The number of hydrogen-bond donors (Lipinski definition) is 1. The molecule has 3 aromatic carbocycles. The lowest BCUT2D eigenvalue weighted by molar-refractivity contribution is -0.384. The number of hydrogen-bond acceptors (Lipinski definition) is 6. The summed E-state index contributed by atoms with van der Waals surface area (Å²) in [6, 6.07) is 19.7. The van der Waals surface area contributed by atoms with Crippen LogP contribution in [0, 0.1) is 10.1 Å². The first-order valence-corrected chi connectivity index (χ1v) is 9.30. The van der Waals surface area contributed by atoms with E-state index in [1.54, 1.807) is 24.3 Å².